The van der Waals surface area contributed by atoms with E-state index in [9.17, 15) is 4.79 Å². The van der Waals surface area contributed by atoms with Gasteiger partial charge in [0.05, 0.1) is 6.61 Å². The predicted octanol–water partition coefficient (Wildman–Crippen LogP) is 1.74. The molecule has 1 amide bonds. The van der Waals surface area contributed by atoms with Crippen molar-refractivity contribution in [3.8, 4) is 0 Å². The van der Waals surface area contributed by atoms with Crippen molar-refractivity contribution in [2.24, 2.45) is 5.92 Å². The summed E-state index contributed by atoms with van der Waals surface area (Å²) in [5.41, 5.74) is 0. The molecule has 0 aliphatic carbocycles. The number of aromatic nitrogens is 2. The number of carbonyl (C=O) groups is 1. The lowest BCUT2D eigenvalue weighted by Crippen LogP contribution is -2.16. The smallest absolute Gasteiger partial charge is 0.413 e. The summed E-state index contributed by atoms with van der Waals surface area (Å²) in [6.07, 6.45) is 0.897. The third kappa shape index (κ3) is 3.84. The fourth-order valence-corrected chi connectivity index (χ4v) is 1.01. The second-order valence-electron chi connectivity index (χ2n) is 2.86. The highest BCUT2D eigenvalue weighted by Crippen LogP contribution is 2.06. The second-order valence-corrected chi connectivity index (χ2v) is 3.64. The van der Waals surface area contributed by atoms with E-state index < -0.39 is 6.09 Å². The molecule has 1 rings (SSSR count). The van der Waals surface area contributed by atoms with Crippen molar-refractivity contribution in [1.29, 1.82) is 0 Å². The molecule has 0 atom stereocenters. The molecular weight excluding hydrogens is 190 g/mol. The third-order valence-corrected chi connectivity index (χ3v) is 1.70. The van der Waals surface area contributed by atoms with Crippen molar-refractivity contribution < 1.29 is 9.53 Å². The maximum Gasteiger partial charge on any atom is 0.413 e. The molecule has 1 heterocycles. The number of nitrogens with zero attached hydrogens (tertiary/aromatic N) is 2. The first-order valence-corrected chi connectivity index (χ1v) is 4.66. The van der Waals surface area contributed by atoms with Crippen LogP contribution in [-0.2, 0) is 4.74 Å². The average molecular weight is 201 g/mol. The Labute approximate surface area is 80.3 Å². The maximum absolute atomic E-state index is 11.0. The zero-order valence-corrected chi connectivity index (χ0v) is 8.30. The van der Waals surface area contributed by atoms with Crippen molar-refractivity contribution in [3.05, 3.63) is 6.33 Å². The lowest BCUT2D eigenvalue weighted by atomic mass is 10.2. The Morgan fingerprint density at radius 2 is 2.54 bits per heavy atom. The Morgan fingerprint density at radius 3 is 3.08 bits per heavy atom. The minimum Gasteiger partial charge on any atom is -0.449 e. The van der Waals surface area contributed by atoms with Gasteiger partial charge in [0.25, 0.3) is 0 Å². The molecule has 0 aliphatic rings. The first kappa shape index (κ1) is 9.91. The Bertz CT molecular complexity index is 261. The monoisotopic (exact) mass is 201 g/mol. The summed E-state index contributed by atoms with van der Waals surface area (Å²) in [6.45, 7) is 4.35. The van der Waals surface area contributed by atoms with Crippen LogP contribution in [0.4, 0.5) is 9.93 Å². The maximum atomic E-state index is 11.0. The summed E-state index contributed by atoms with van der Waals surface area (Å²) in [7, 11) is 0. The van der Waals surface area contributed by atoms with Crippen LogP contribution in [0.1, 0.15) is 13.8 Å². The van der Waals surface area contributed by atoms with E-state index in [4.69, 9.17) is 4.74 Å². The van der Waals surface area contributed by atoms with Gasteiger partial charge in [-0.3, -0.25) is 5.32 Å². The quantitative estimate of drug-likeness (QED) is 0.809. The molecule has 13 heavy (non-hydrogen) atoms. The van der Waals surface area contributed by atoms with Gasteiger partial charge in [-0.05, 0) is 5.92 Å². The molecule has 0 unspecified atom stereocenters. The molecule has 0 fully saturated rings. The van der Waals surface area contributed by atoms with Crippen molar-refractivity contribution >= 4 is 22.8 Å². The Morgan fingerprint density at radius 1 is 1.77 bits per heavy atom. The van der Waals surface area contributed by atoms with E-state index in [0.29, 0.717) is 17.7 Å². The number of hydrogen-bond acceptors (Lipinski definition) is 5. The van der Waals surface area contributed by atoms with Gasteiger partial charge in [-0.2, -0.15) is 4.37 Å². The molecule has 6 heteroatoms. The number of carbonyl (C=O) groups excluding carboxylic acids is 1. The molecule has 0 radical (unpaired) electrons. The Hall–Kier alpha value is -1.17. The largest absolute Gasteiger partial charge is 0.449 e. The van der Waals surface area contributed by atoms with Crippen LogP contribution in [0, 0.1) is 5.92 Å². The van der Waals surface area contributed by atoms with Crippen molar-refractivity contribution in [3.63, 3.8) is 0 Å². The van der Waals surface area contributed by atoms with Crippen LogP contribution in [-0.4, -0.2) is 22.1 Å². The van der Waals surface area contributed by atoms with Gasteiger partial charge in [0.1, 0.15) is 6.33 Å². The van der Waals surface area contributed by atoms with Crippen molar-refractivity contribution in [1.82, 2.24) is 9.36 Å². The molecule has 0 bridgehead atoms. The molecule has 1 N–H and O–H groups in total. The number of amides is 1. The van der Waals surface area contributed by atoms with E-state index in [0.717, 1.165) is 11.5 Å². The zero-order valence-electron chi connectivity index (χ0n) is 7.48. The Kier molecular flexibility index (Phi) is 3.63. The summed E-state index contributed by atoms with van der Waals surface area (Å²) in [4.78, 5) is 14.8. The van der Waals surface area contributed by atoms with Gasteiger partial charge in [-0.15, -0.1) is 0 Å². The predicted molar refractivity (Wildman–Crippen MR) is 49.7 cm³/mol. The van der Waals surface area contributed by atoms with Crippen LogP contribution in [0.5, 0.6) is 0 Å². The SMILES string of the molecule is CC(C)COC(=O)Nc1ncns1. The fraction of sp³-hybridized carbons (Fsp3) is 0.571. The number of rotatable bonds is 3. The highest BCUT2D eigenvalue weighted by Gasteiger charge is 2.05. The number of nitrogens with one attached hydrogen (secondary N) is 1. The molecule has 0 aliphatic heterocycles. The first-order chi connectivity index (χ1) is 6.18. The van der Waals surface area contributed by atoms with E-state index in [1.165, 1.54) is 6.33 Å². The van der Waals surface area contributed by atoms with Gasteiger partial charge >= 0.3 is 6.09 Å². The summed E-state index contributed by atoms with van der Waals surface area (Å²) in [6, 6.07) is 0. The number of anilines is 1. The van der Waals surface area contributed by atoms with E-state index in [2.05, 4.69) is 14.7 Å². The normalized spacial score (nSPS) is 10.1. The molecule has 0 saturated carbocycles. The molecule has 0 saturated heterocycles. The van der Waals surface area contributed by atoms with Gasteiger partial charge in [-0.25, -0.2) is 9.78 Å². The topological polar surface area (TPSA) is 64.1 Å². The number of ether oxygens (including phenoxy) is 1. The summed E-state index contributed by atoms with van der Waals surface area (Å²) in [5, 5.41) is 2.91. The molecular formula is C7H11N3O2S. The fourth-order valence-electron chi connectivity index (χ4n) is 0.594. The third-order valence-electron chi connectivity index (χ3n) is 1.12. The highest BCUT2D eigenvalue weighted by molar-refractivity contribution is 7.09. The number of hydrogen-bond donors (Lipinski definition) is 1. The standard InChI is InChI=1S/C7H11N3O2S/c1-5(2)3-12-7(11)10-6-8-4-9-13-6/h4-5H,3H2,1-2H3,(H,8,9,10,11). The van der Waals surface area contributed by atoms with E-state index in [-0.39, 0.29) is 0 Å². The minimum absolute atomic E-state index is 0.333. The highest BCUT2D eigenvalue weighted by atomic mass is 32.1. The summed E-state index contributed by atoms with van der Waals surface area (Å²) in [5.74, 6) is 0.333. The van der Waals surface area contributed by atoms with Gasteiger partial charge in [-0.1, -0.05) is 13.8 Å². The molecule has 0 spiro atoms. The molecule has 5 nitrogen and oxygen atoms in total. The lowest BCUT2D eigenvalue weighted by molar-refractivity contribution is 0.147. The lowest BCUT2D eigenvalue weighted by Gasteiger charge is -2.05. The molecule has 1 aromatic heterocycles. The van der Waals surface area contributed by atoms with Gasteiger partial charge in [0, 0.05) is 11.5 Å². The van der Waals surface area contributed by atoms with E-state index >= 15 is 0 Å². The Balaban J connectivity index is 2.26. The molecule has 1 aromatic rings. The van der Waals surface area contributed by atoms with Gasteiger partial charge in [0.2, 0.25) is 5.13 Å². The van der Waals surface area contributed by atoms with Crippen LogP contribution in [0.3, 0.4) is 0 Å². The molecule has 0 aromatic carbocycles. The van der Waals surface area contributed by atoms with Gasteiger partial charge < -0.3 is 4.74 Å². The summed E-state index contributed by atoms with van der Waals surface area (Å²) < 4.78 is 8.60. The van der Waals surface area contributed by atoms with Crippen molar-refractivity contribution in [2.75, 3.05) is 11.9 Å². The second kappa shape index (κ2) is 4.76. The van der Waals surface area contributed by atoms with Crippen molar-refractivity contribution in [2.45, 2.75) is 13.8 Å². The van der Waals surface area contributed by atoms with E-state index in [1.54, 1.807) is 0 Å². The van der Waals surface area contributed by atoms with Crippen LogP contribution in [0.15, 0.2) is 6.33 Å². The van der Waals surface area contributed by atoms with Crippen LogP contribution >= 0.6 is 11.5 Å². The first-order valence-electron chi connectivity index (χ1n) is 3.89. The minimum atomic E-state index is -0.481. The van der Waals surface area contributed by atoms with Crippen LogP contribution < -0.4 is 5.32 Å². The van der Waals surface area contributed by atoms with Crippen LogP contribution in [0.2, 0.25) is 0 Å². The van der Waals surface area contributed by atoms with E-state index in [1.807, 2.05) is 13.8 Å². The summed E-state index contributed by atoms with van der Waals surface area (Å²) >= 11 is 1.11. The van der Waals surface area contributed by atoms with Gasteiger partial charge in [0.15, 0.2) is 0 Å². The zero-order chi connectivity index (χ0) is 9.68. The average Bonchev–Trinajstić information content (AvgIpc) is 2.53. The molecule has 72 valence electrons. The van der Waals surface area contributed by atoms with Crippen LogP contribution in [0.25, 0.3) is 0 Å².